The van der Waals surface area contributed by atoms with Crippen molar-refractivity contribution in [3.8, 4) is 0 Å². The van der Waals surface area contributed by atoms with Gasteiger partial charge in [-0.1, -0.05) is 5.21 Å². The molecule has 0 aromatic carbocycles. The van der Waals surface area contributed by atoms with Gasteiger partial charge in [0.2, 0.25) is 6.20 Å². The zero-order chi connectivity index (χ0) is 5.28. The lowest BCUT2D eigenvalue weighted by molar-refractivity contribution is -0.563. The third kappa shape index (κ3) is 0.594. The van der Waals surface area contributed by atoms with Gasteiger partial charge in [-0.05, 0) is 4.91 Å². The molecule has 38 valence electrons. The summed E-state index contributed by atoms with van der Waals surface area (Å²) in [4.78, 5) is 10.0. The molecule has 1 rings (SSSR count). The van der Waals surface area contributed by atoms with Crippen molar-refractivity contribution < 1.29 is 4.54 Å². The van der Waals surface area contributed by atoms with Crippen LogP contribution >= 0.6 is 0 Å². The van der Waals surface area contributed by atoms with Crippen molar-refractivity contribution in [2.75, 3.05) is 5.73 Å². The summed E-state index contributed by atoms with van der Waals surface area (Å²) in [6, 6.07) is 0. The van der Waals surface area contributed by atoms with Crippen molar-refractivity contribution in [2.24, 2.45) is 0 Å². The van der Waals surface area contributed by atoms with Crippen molar-refractivity contribution in [2.45, 2.75) is 0 Å². The van der Waals surface area contributed by atoms with E-state index in [1.807, 2.05) is 0 Å². The van der Waals surface area contributed by atoms with Crippen LogP contribution in [0.1, 0.15) is 0 Å². The summed E-state index contributed by atoms with van der Waals surface area (Å²) >= 11 is 0. The normalized spacial score (nSPS) is 9.14. The number of hydrogen-bond acceptors (Lipinski definition) is 2. The van der Waals surface area contributed by atoms with Gasteiger partial charge in [0.15, 0.2) is 0 Å². The maximum atomic E-state index is 10.0. The maximum absolute atomic E-state index is 10.0. The highest BCUT2D eigenvalue weighted by Gasteiger charge is 1.90. The third-order valence-corrected chi connectivity index (χ3v) is 0.567. The van der Waals surface area contributed by atoms with Crippen molar-refractivity contribution in [3.63, 3.8) is 0 Å². The average molecular weight is 101 g/mol. The van der Waals surface area contributed by atoms with E-state index in [-0.39, 0.29) is 0 Å². The Morgan fingerprint density at radius 2 is 2.57 bits per heavy atom. The van der Waals surface area contributed by atoms with Crippen LogP contribution in [0.25, 0.3) is 0 Å². The van der Waals surface area contributed by atoms with Crippen molar-refractivity contribution in [3.05, 3.63) is 11.1 Å². The second kappa shape index (κ2) is 1.11. The number of aromatic amines is 2. The van der Waals surface area contributed by atoms with Crippen molar-refractivity contribution >= 4 is 5.82 Å². The molecule has 0 saturated heterocycles. The molecule has 4 N–H and O–H groups in total. The number of rotatable bonds is 0. The lowest BCUT2D eigenvalue weighted by Gasteiger charge is -1.59. The van der Waals surface area contributed by atoms with Crippen LogP contribution in [-0.4, -0.2) is 10.3 Å². The van der Waals surface area contributed by atoms with E-state index in [2.05, 4.69) is 10.3 Å². The molecular formula is C2H5N4O+. The van der Waals surface area contributed by atoms with Crippen LogP contribution in [0.5, 0.6) is 0 Å². The van der Waals surface area contributed by atoms with Crippen LogP contribution in [0.2, 0.25) is 0 Å². The molecule has 0 aliphatic heterocycles. The topological polar surface area (TPSA) is 80.6 Å². The van der Waals surface area contributed by atoms with Crippen LogP contribution in [-0.2, 0) is 0 Å². The Balaban J connectivity index is 3.30. The van der Waals surface area contributed by atoms with Gasteiger partial charge in [0.25, 0.3) is 5.82 Å². The molecule has 0 bridgehead atoms. The molecular weight excluding hydrogens is 96.0 g/mol. The second-order valence-electron chi connectivity index (χ2n) is 1.15. The summed E-state index contributed by atoms with van der Waals surface area (Å²) in [7, 11) is 0. The minimum atomic E-state index is 0.329. The molecule has 1 heterocycles. The van der Waals surface area contributed by atoms with Crippen molar-refractivity contribution in [1.29, 1.82) is 0 Å². The zero-order valence-corrected chi connectivity index (χ0v) is 3.51. The Labute approximate surface area is 38.7 Å². The summed E-state index contributed by atoms with van der Waals surface area (Å²) in [6.45, 7) is 0. The Kier molecular flexibility index (Phi) is 0.619. The van der Waals surface area contributed by atoms with Crippen LogP contribution in [0, 0.1) is 4.91 Å². The molecule has 0 spiro atoms. The summed E-state index contributed by atoms with van der Waals surface area (Å²) < 4.78 is 0.481. The Hall–Kier alpha value is -1.26. The predicted octanol–water partition coefficient (Wildman–Crippen LogP) is -1.16. The third-order valence-electron chi connectivity index (χ3n) is 0.567. The number of hydrogen-bond donors (Lipinski definition) is 3. The van der Waals surface area contributed by atoms with Crippen molar-refractivity contribution in [1.82, 2.24) is 10.3 Å². The lowest BCUT2D eigenvalue weighted by Crippen LogP contribution is -2.12. The molecule has 0 radical (unpaired) electrons. The molecule has 0 aliphatic carbocycles. The van der Waals surface area contributed by atoms with Gasteiger partial charge in [-0.25, -0.2) is 0 Å². The van der Waals surface area contributed by atoms with Crippen LogP contribution in [0.4, 0.5) is 5.82 Å². The van der Waals surface area contributed by atoms with Gasteiger partial charge in [-0.2, -0.15) is 5.10 Å². The van der Waals surface area contributed by atoms with E-state index in [9.17, 15) is 4.91 Å². The number of nitrogen functional groups attached to an aromatic ring is 1. The Bertz CT molecular complexity index is 197. The minimum Gasteiger partial charge on any atom is -0.362 e. The molecule has 0 aliphatic rings. The molecule has 1 aromatic rings. The molecule has 7 heavy (non-hydrogen) atoms. The zero-order valence-electron chi connectivity index (χ0n) is 3.51. The van der Waals surface area contributed by atoms with Crippen LogP contribution in [0.15, 0.2) is 6.20 Å². The quantitative estimate of drug-likeness (QED) is 0.360. The number of nitrogens with two attached hydrogens (primary N) is 1. The molecule has 0 saturated carbocycles. The fourth-order valence-electron chi connectivity index (χ4n) is 0.311. The largest absolute Gasteiger partial charge is 0.362 e. The molecule has 5 heteroatoms. The van der Waals surface area contributed by atoms with Crippen LogP contribution in [0.3, 0.4) is 0 Å². The number of nitrogens with one attached hydrogen (secondary N) is 2. The fraction of sp³-hybridized carbons (Fsp3) is 0. The summed E-state index contributed by atoms with van der Waals surface area (Å²) in [5, 5.41) is 4.55. The number of anilines is 1. The average Bonchev–Trinajstić information content (AvgIpc) is 1.87. The lowest BCUT2D eigenvalue weighted by atomic mass is 10.8. The van der Waals surface area contributed by atoms with Gasteiger partial charge < -0.3 is 5.73 Å². The monoisotopic (exact) mass is 101 g/mol. The number of H-pyrrole nitrogens is 2. The second-order valence-corrected chi connectivity index (χ2v) is 1.15. The maximum Gasteiger partial charge on any atom is 0.255 e. The molecule has 1 aromatic heterocycles. The van der Waals surface area contributed by atoms with E-state index in [0.29, 0.717) is 10.4 Å². The minimum absolute atomic E-state index is 0.329. The highest BCUT2D eigenvalue weighted by atomic mass is 16.3. The van der Waals surface area contributed by atoms with Gasteiger partial charge in [0, 0.05) is 0 Å². The van der Waals surface area contributed by atoms with Gasteiger partial charge in [0.1, 0.15) is 0 Å². The van der Waals surface area contributed by atoms with Crippen LogP contribution < -0.4 is 10.3 Å². The van der Waals surface area contributed by atoms with E-state index in [1.165, 1.54) is 6.20 Å². The smallest absolute Gasteiger partial charge is 0.255 e. The SMILES string of the molecule is Nc1c[n+](=O)[nH][nH]1. The van der Waals surface area contributed by atoms with E-state index in [1.54, 1.807) is 0 Å². The first-order valence-corrected chi connectivity index (χ1v) is 1.74. The molecule has 0 atom stereocenters. The molecule has 0 fully saturated rings. The van der Waals surface area contributed by atoms with E-state index in [0.717, 1.165) is 0 Å². The molecule has 0 amide bonds. The van der Waals surface area contributed by atoms with E-state index in [4.69, 9.17) is 5.73 Å². The first-order chi connectivity index (χ1) is 3.29. The molecule has 0 unspecified atom stereocenters. The molecule has 5 nitrogen and oxygen atoms in total. The Morgan fingerprint density at radius 3 is 2.71 bits per heavy atom. The van der Waals surface area contributed by atoms with E-state index >= 15 is 0 Å². The van der Waals surface area contributed by atoms with Gasteiger partial charge in [0.05, 0.1) is 4.54 Å². The summed E-state index contributed by atoms with van der Waals surface area (Å²) in [5.74, 6) is 0.329. The highest BCUT2D eigenvalue weighted by Crippen LogP contribution is 1.78. The standard InChI is InChI=1S/C2H5N4O/c3-2-1-6(7)5-4-2/h1H,(H4,3,4,5,7)/q+1. The Morgan fingerprint density at radius 1 is 1.86 bits per heavy atom. The summed E-state index contributed by atoms with van der Waals surface area (Å²) in [5.41, 5.74) is 5.07. The summed E-state index contributed by atoms with van der Waals surface area (Å²) in [6.07, 6.45) is 1.19. The predicted molar refractivity (Wildman–Crippen MR) is 22.9 cm³/mol. The van der Waals surface area contributed by atoms with Gasteiger partial charge in [-0.15, -0.1) is 0 Å². The first-order valence-electron chi connectivity index (χ1n) is 1.74. The highest BCUT2D eigenvalue weighted by molar-refractivity contribution is 5.16. The first kappa shape index (κ1) is 3.91. The van der Waals surface area contributed by atoms with E-state index < -0.39 is 0 Å². The van der Waals surface area contributed by atoms with Gasteiger partial charge >= 0.3 is 0 Å². The number of aromatic nitrogens is 3. The fourth-order valence-corrected chi connectivity index (χ4v) is 0.311. The number of nitrogens with zero attached hydrogens (tertiary/aromatic N) is 1. The van der Waals surface area contributed by atoms with Gasteiger partial charge in [-0.3, -0.25) is 0 Å².